The van der Waals surface area contributed by atoms with Gasteiger partial charge in [-0.2, -0.15) is 0 Å². The first-order valence-electron chi connectivity index (χ1n) is 9.38. The van der Waals surface area contributed by atoms with E-state index in [0.29, 0.717) is 5.92 Å². The number of benzene rings is 2. The van der Waals surface area contributed by atoms with Crippen LogP contribution < -0.4 is 15.4 Å². The van der Waals surface area contributed by atoms with Gasteiger partial charge in [-0.3, -0.25) is 0 Å². The minimum atomic E-state index is 0.539. The predicted octanol–water partition coefficient (Wildman–Crippen LogP) is 3.70. The van der Waals surface area contributed by atoms with Crippen LogP contribution in [0, 0.1) is 0 Å². The normalized spacial score (nSPS) is 12.4. The van der Waals surface area contributed by atoms with E-state index in [1.54, 1.807) is 7.11 Å². The van der Waals surface area contributed by atoms with Gasteiger partial charge in [0.1, 0.15) is 5.75 Å². The van der Waals surface area contributed by atoms with Crippen LogP contribution in [0.2, 0.25) is 0 Å². The Hall–Kier alpha value is -2.30. The van der Waals surface area contributed by atoms with Crippen molar-refractivity contribution in [3.8, 4) is 5.75 Å². The van der Waals surface area contributed by atoms with E-state index < -0.39 is 0 Å². The van der Waals surface area contributed by atoms with E-state index in [1.807, 2.05) is 6.07 Å². The molecule has 1 heterocycles. The van der Waals surface area contributed by atoms with Crippen LogP contribution in [0.3, 0.4) is 0 Å². The summed E-state index contributed by atoms with van der Waals surface area (Å²) in [4.78, 5) is 3.33. The number of H-pyrrole nitrogens is 1. The minimum Gasteiger partial charge on any atom is -0.497 e. The van der Waals surface area contributed by atoms with E-state index in [2.05, 4.69) is 71.2 Å². The highest BCUT2D eigenvalue weighted by molar-refractivity contribution is 5.84. The zero-order chi connectivity index (χ0) is 18.2. The maximum Gasteiger partial charge on any atom is 0.119 e. The van der Waals surface area contributed by atoms with Crippen molar-refractivity contribution >= 4 is 10.9 Å². The summed E-state index contributed by atoms with van der Waals surface area (Å²) in [5.74, 6) is 1.44. The van der Waals surface area contributed by atoms with Crippen LogP contribution in [0.1, 0.15) is 24.0 Å². The van der Waals surface area contributed by atoms with Crippen LogP contribution in [0.4, 0.5) is 0 Å². The Morgan fingerprint density at radius 1 is 1.00 bits per heavy atom. The lowest BCUT2D eigenvalue weighted by Crippen LogP contribution is -2.30. The third-order valence-corrected chi connectivity index (χ3v) is 4.84. The molecule has 3 N–H and O–H groups in total. The van der Waals surface area contributed by atoms with Crippen LogP contribution in [-0.2, 0) is 6.42 Å². The molecular weight excluding hydrogens is 322 g/mol. The highest BCUT2D eigenvalue weighted by Crippen LogP contribution is 2.23. The number of rotatable bonds is 10. The molecule has 0 aliphatic rings. The van der Waals surface area contributed by atoms with E-state index in [0.717, 1.165) is 43.9 Å². The summed E-state index contributed by atoms with van der Waals surface area (Å²) in [6, 6.07) is 16.8. The van der Waals surface area contributed by atoms with Gasteiger partial charge in [-0.25, -0.2) is 0 Å². The van der Waals surface area contributed by atoms with Crippen molar-refractivity contribution in [2.24, 2.45) is 0 Å². The molecule has 0 radical (unpaired) electrons. The maximum atomic E-state index is 5.33. The third kappa shape index (κ3) is 4.87. The van der Waals surface area contributed by atoms with E-state index in [1.165, 1.54) is 16.5 Å². The Kier molecular flexibility index (Phi) is 6.69. The number of hydrogen-bond acceptors (Lipinski definition) is 3. The van der Waals surface area contributed by atoms with Gasteiger partial charge < -0.3 is 20.4 Å². The molecule has 0 bridgehead atoms. The SMILES string of the molecule is COc1ccc2[nH]cc(CCNCCNCC(C)c3ccccc3)c2c1. The Labute approximate surface area is 156 Å². The molecule has 138 valence electrons. The zero-order valence-electron chi connectivity index (χ0n) is 15.7. The lowest BCUT2D eigenvalue weighted by Gasteiger charge is -2.13. The fourth-order valence-corrected chi connectivity index (χ4v) is 3.23. The number of nitrogens with one attached hydrogen (secondary N) is 3. The highest BCUT2D eigenvalue weighted by Gasteiger charge is 2.05. The van der Waals surface area contributed by atoms with E-state index in [4.69, 9.17) is 4.74 Å². The van der Waals surface area contributed by atoms with Crippen molar-refractivity contribution in [3.05, 3.63) is 65.9 Å². The summed E-state index contributed by atoms with van der Waals surface area (Å²) >= 11 is 0. The Morgan fingerprint density at radius 2 is 1.81 bits per heavy atom. The number of fused-ring (bicyclic) bond motifs is 1. The van der Waals surface area contributed by atoms with Gasteiger partial charge in [0.2, 0.25) is 0 Å². The molecule has 0 aliphatic heterocycles. The number of hydrogen-bond donors (Lipinski definition) is 3. The van der Waals surface area contributed by atoms with Crippen molar-refractivity contribution in [2.75, 3.05) is 33.3 Å². The van der Waals surface area contributed by atoms with E-state index in [9.17, 15) is 0 Å². The van der Waals surface area contributed by atoms with Crippen molar-refractivity contribution < 1.29 is 4.74 Å². The molecule has 0 saturated carbocycles. The van der Waals surface area contributed by atoms with Gasteiger partial charge in [-0.15, -0.1) is 0 Å². The van der Waals surface area contributed by atoms with Gasteiger partial charge in [0.15, 0.2) is 0 Å². The quantitative estimate of drug-likeness (QED) is 0.488. The molecule has 0 fully saturated rings. The van der Waals surface area contributed by atoms with Crippen molar-refractivity contribution in [2.45, 2.75) is 19.3 Å². The average Bonchev–Trinajstić information content (AvgIpc) is 3.09. The molecule has 0 saturated heterocycles. The Bertz CT molecular complexity index is 798. The molecule has 3 aromatic rings. The molecular formula is C22H29N3O. The van der Waals surface area contributed by atoms with Crippen LogP contribution in [0.5, 0.6) is 5.75 Å². The first-order chi connectivity index (χ1) is 12.8. The van der Waals surface area contributed by atoms with E-state index in [-0.39, 0.29) is 0 Å². The molecule has 1 unspecified atom stereocenters. The first kappa shape index (κ1) is 18.5. The molecule has 26 heavy (non-hydrogen) atoms. The summed E-state index contributed by atoms with van der Waals surface area (Å²) in [6.07, 6.45) is 3.11. The molecule has 0 spiro atoms. The maximum absolute atomic E-state index is 5.33. The number of ether oxygens (including phenoxy) is 1. The molecule has 4 nitrogen and oxygen atoms in total. The molecule has 2 aromatic carbocycles. The van der Waals surface area contributed by atoms with Gasteiger partial charge in [0.05, 0.1) is 7.11 Å². The summed E-state index contributed by atoms with van der Waals surface area (Å²) in [7, 11) is 1.71. The number of aromatic amines is 1. The highest BCUT2D eigenvalue weighted by atomic mass is 16.5. The van der Waals surface area contributed by atoms with E-state index >= 15 is 0 Å². The number of methoxy groups -OCH3 is 1. The average molecular weight is 351 g/mol. The van der Waals surface area contributed by atoms with Gasteiger partial charge in [-0.05, 0) is 48.2 Å². The molecule has 1 atom stereocenters. The molecule has 0 amide bonds. The monoisotopic (exact) mass is 351 g/mol. The molecule has 1 aromatic heterocycles. The van der Waals surface area contributed by atoms with Gasteiger partial charge in [-0.1, -0.05) is 37.3 Å². The number of aromatic nitrogens is 1. The van der Waals surface area contributed by atoms with Gasteiger partial charge in [0, 0.05) is 36.7 Å². The van der Waals surface area contributed by atoms with Crippen molar-refractivity contribution in [1.29, 1.82) is 0 Å². The molecule has 4 heteroatoms. The van der Waals surface area contributed by atoms with Gasteiger partial charge in [0.25, 0.3) is 0 Å². The lowest BCUT2D eigenvalue weighted by atomic mass is 10.0. The standard InChI is InChI=1S/C22H29N3O/c1-17(18-6-4-3-5-7-18)15-24-13-12-23-11-10-19-16-25-22-9-8-20(26-2)14-21(19)22/h3-9,14,16-17,23-25H,10-13,15H2,1-2H3. The minimum absolute atomic E-state index is 0.539. The topological polar surface area (TPSA) is 49.1 Å². The Morgan fingerprint density at radius 3 is 2.62 bits per heavy atom. The zero-order valence-corrected chi connectivity index (χ0v) is 15.7. The lowest BCUT2D eigenvalue weighted by molar-refractivity contribution is 0.415. The van der Waals surface area contributed by atoms with Crippen molar-refractivity contribution in [3.63, 3.8) is 0 Å². The predicted molar refractivity (Wildman–Crippen MR) is 109 cm³/mol. The summed E-state index contributed by atoms with van der Waals surface area (Å²) < 4.78 is 5.33. The first-order valence-corrected chi connectivity index (χ1v) is 9.38. The fourth-order valence-electron chi connectivity index (χ4n) is 3.23. The molecule has 0 aliphatic carbocycles. The van der Waals surface area contributed by atoms with Crippen molar-refractivity contribution in [1.82, 2.24) is 15.6 Å². The largest absolute Gasteiger partial charge is 0.497 e. The second kappa shape index (κ2) is 9.41. The smallest absolute Gasteiger partial charge is 0.119 e. The summed E-state index contributed by atoms with van der Waals surface area (Å²) in [6.45, 7) is 6.21. The fraction of sp³-hybridized carbons (Fsp3) is 0.364. The summed E-state index contributed by atoms with van der Waals surface area (Å²) in [5.41, 5.74) is 3.89. The van der Waals surface area contributed by atoms with Gasteiger partial charge >= 0.3 is 0 Å². The second-order valence-corrected chi connectivity index (χ2v) is 6.74. The molecule has 3 rings (SSSR count). The third-order valence-electron chi connectivity index (χ3n) is 4.84. The van der Waals surface area contributed by atoms with Crippen LogP contribution in [0.25, 0.3) is 10.9 Å². The van der Waals surface area contributed by atoms with Crippen LogP contribution in [0.15, 0.2) is 54.7 Å². The van der Waals surface area contributed by atoms with Crippen LogP contribution in [-0.4, -0.2) is 38.3 Å². The second-order valence-electron chi connectivity index (χ2n) is 6.74. The van der Waals surface area contributed by atoms with Crippen LogP contribution >= 0.6 is 0 Å². The summed E-state index contributed by atoms with van der Waals surface area (Å²) in [5, 5.41) is 8.31. The Balaban J connectivity index is 1.35.